The minimum Gasteiger partial charge on any atom is -0.435 e. The molecule has 0 radical (unpaired) electrons. The van der Waals surface area contributed by atoms with Crippen LogP contribution >= 0.6 is 11.8 Å². The van der Waals surface area contributed by atoms with Gasteiger partial charge in [0.05, 0.1) is 5.75 Å². The van der Waals surface area contributed by atoms with Crippen LogP contribution in [0.1, 0.15) is 0 Å². The van der Waals surface area contributed by atoms with Crippen molar-refractivity contribution in [2.24, 2.45) is 0 Å². The second kappa shape index (κ2) is 7.98. The number of thioether (sulfide) groups is 1. The molecule has 0 bridgehead atoms. The van der Waals surface area contributed by atoms with E-state index in [1.54, 1.807) is 0 Å². The molecule has 0 saturated carbocycles. The molecule has 0 spiro atoms. The number of hydrogen-bond donors (Lipinski definition) is 1. The highest BCUT2D eigenvalue weighted by Gasteiger charge is 2.07. The fraction of sp³-hybridized carbons (Fsp3) is 0.105. The van der Waals surface area contributed by atoms with Crippen molar-refractivity contribution in [2.45, 2.75) is 11.5 Å². The lowest BCUT2D eigenvalue weighted by Crippen LogP contribution is -2.13. The van der Waals surface area contributed by atoms with E-state index in [-0.39, 0.29) is 17.4 Å². The Kier molecular flexibility index (Phi) is 5.50. The Labute approximate surface area is 148 Å². The molecule has 0 fully saturated rings. The summed E-state index contributed by atoms with van der Waals surface area (Å²) in [5, 5.41) is 5.01. The average molecular weight is 359 g/mol. The predicted octanol–water partition coefficient (Wildman–Crippen LogP) is 5.17. The van der Waals surface area contributed by atoms with Crippen LogP contribution in [0, 0.1) is 0 Å². The van der Waals surface area contributed by atoms with Gasteiger partial charge in [0.2, 0.25) is 5.91 Å². The lowest BCUT2D eigenvalue weighted by atomic mass is 10.1. The van der Waals surface area contributed by atoms with Gasteiger partial charge in [-0.15, -0.1) is 11.8 Å². The normalized spacial score (nSPS) is 10.8. The van der Waals surface area contributed by atoms with Crippen LogP contribution in [-0.4, -0.2) is 18.3 Å². The first kappa shape index (κ1) is 17.2. The lowest BCUT2D eigenvalue weighted by Gasteiger charge is -2.08. The minimum atomic E-state index is -2.86. The van der Waals surface area contributed by atoms with Gasteiger partial charge in [0.25, 0.3) is 0 Å². The smallest absolute Gasteiger partial charge is 0.387 e. The Bertz CT molecular complexity index is 869. The molecular weight excluding hydrogens is 344 g/mol. The summed E-state index contributed by atoms with van der Waals surface area (Å²) in [6.45, 7) is -2.86. The number of fused-ring (bicyclic) bond motifs is 1. The van der Waals surface area contributed by atoms with Gasteiger partial charge >= 0.3 is 6.61 Å². The van der Waals surface area contributed by atoms with E-state index in [1.165, 1.54) is 36.0 Å². The van der Waals surface area contributed by atoms with Gasteiger partial charge in [-0.3, -0.25) is 4.79 Å². The monoisotopic (exact) mass is 359 g/mol. The summed E-state index contributed by atoms with van der Waals surface area (Å²) < 4.78 is 28.5. The number of carbonyl (C=O) groups is 1. The van der Waals surface area contributed by atoms with Crippen molar-refractivity contribution in [3.63, 3.8) is 0 Å². The van der Waals surface area contributed by atoms with E-state index in [0.717, 1.165) is 15.7 Å². The van der Waals surface area contributed by atoms with Crippen molar-refractivity contribution in [1.29, 1.82) is 0 Å². The number of benzene rings is 3. The molecule has 0 aliphatic carbocycles. The van der Waals surface area contributed by atoms with Crippen LogP contribution in [0.2, 0.25) is 0 Å². The predicted molar refractivity (Wildman–Crippen MR) is 96.4 cm³/mol. The Morgan fingerprint density at radius 1 is 1.00 bits per heavy atom. The summed E-state index contributed by atoms with van der Waals surface area (Å²) in [4.78, 5) is 13.0. The number of rotatable bonds is 6. The molecule has 0 atom stereocenters. The van der Waals surface area contributed by atoms with Crippen molar-refractivity contribution in [2.75, 3.05) is 11.1 Å². The third kappa shape index (κ3) is 4.93. The van der Waals surface area contributed by atoms with E-state index >= 15 is 0 Å². The van der Waals surface area contributed by atoms with Crippen molar-refractivity contribution < 1.29 is 18.3 Å². The van der Waals surface area contributed by atoms with E-state index < -0.39 is 6.61 Å². The maximum Gasteiger partial charge on any atom is 0.387 e. The summed E-state index contributed by atoms with van der Waals surface area (Å²) in [7, 11) is 0. The molecule has 0 aromatic heterocycles. The fourth-order valence-corrected chi connectivity index (χ4v) is 3.07. The van der Waals surface area contributed by atoms with Crippen molar-refractivity contribution in [3.05, 3.63) is 66.7 Å². The molecule has 0 unspecified atom stereocenters. The quantitative estimate of drug-likeness (QED) is 0.617. The van der Waals surface area contributed by atoms with Gasteiger partial charge in [-0.2, -0.15) is 8.78 Å². The number of hydrogen-bond acceptors (Lipinski definition) is 3. The van der Waals surface area contributed by atoms with Gasteiger partial charge in [0, 0.05) is 10.6 Å². The molecule has 3 aromatic rings. The number of halogens is 2. The molecule has 3 rings (SSSR count). The van der Waals surface area contributed by atoms with Crippen molar-refractivity contribution >= 4 is 34.1 Å². The molecule has 25 heavy (non-hydrogen) atoms. The molecule has 1 N–H and O–H groups in total. The van der Waals surface area contributed by atoms with Crippen LogP contribution in [0.15, 0.2) is 71.6 Å². The highest BCUT2D eigenvalue weighted by molar-refractivity contribution is 8.00. The second-order valence-electron chi connectivity index (χ2n) is 5.25. The zero-order valence-electron chi connectivity index (χ0n) is 13.1. The summed E-state index contributed by atoms with van der Waals surface area (Å²) in [5.41, 5.74) is 0.533. The van der Waals surface area contributed by atoms with Gasteiger partial charge in [-0.05, 0) is 47.2 Å². The van der Waals surface area contributed by atoms with E-state index in [0.29, 0.717) is 5.69 Å². The number of ether oxygens (including phenoxy) is 1. The van der Waals surface area contributed by atoms with Crippen LogP contribution < -0.4 is 10.1 Å². The minimum absolute atomic E-state index is 0.0542. The third-order valence-corrected chi connectivity index (χ3v) is 4.45. The lowest BCUT2D eigenvalue weighted by molar-refractivity contribution is -0.113. The number of nitrogens with one attached hydrogen (secondary N) is 1. The van der Waals surface area contributed by atoms with Crippen LogP contribution in [0.5, 0.6) is 5.75 Å². The Balaban J connectivity index is 1.55. The van der Waals surface area contributed by atoms with Gasteiger partial charge in [0.15, 0.2) is 0 Å². The molecule has 6 heteroatoms. The third-order valence-electron chi connectivity index (χ3n) is 3.45. The van der Waals surface area contributed by atoms with Crippen LogP contribution in [-0.2, 0) is 4.79 Å². The van der Waals surface area contributed by atoms with Crippen molar-refractivity contribution in [3.8, 4) is 5.75 Å². The highest BCUT2D eigenvalue weighted by atomic mass is 32.2. The van der Waals surface area contributed by atoms with Crippen LogP contribution in [0.4, 0.5) is 14.5 Å². The first-order chi connectivity index (χ1) is 12.1. The summed E-state index contributed by atoms with van der Waals surface area (Å²) >= 11 is 1.44. The zero-order valence-corrected chi connectivity index (χ0v) is 13.9. The fourth-order valence-electron chi connectivity index (χ4n) is 2.32. The Morgan fingerprint density at radius 2 is 1.72 bits per heavy atom. The van der Waals surface area contributed by atoms with E-state index in [2.05, 4.69) is 10.1 Å². The van der Waals surface area contributed by atoms with Gasteiger partial charge in [-0.25, -0.2) is 0 Å². The molecule has 1 amide bonds. The van der Waals surface area contributed by atoms with Crippen LogP contribution in [0.3, 0.4) is 0 Å². The highest BCUT2D eigenvalue weighted by Crippen LogP contribution is 2.24. The summed E-state index contributed by atoms with van der Waals surface area (Å²) in [5.74, 6) is 0.146. The topological polar surface area (TPSA) is 38.3 Å². The number of anilines is 1. The SMILES string of the molecule is O=C(CSc1ccc2ccccc2c1)Nc1ccc(OC(F)F)cc1. The Morgan fingerprint density at radius 3 is 2.44 bits per heavy atom. The average Bonchev–Trinajstić information content (AvgIpc) is 2.61. The number of alkyl halides is 2. The molecule has 128 valence electrons. The number of carbonyl (C=O) groups excluding carboxylic acids is 1. The van der Waals surface area contributed by atoms with E-state index in [4.69, 9.17) is 0 Å². The van der Waals surface area contributed by atoms with Gasteiger partial charge < -0.3 is 10.1 Å². The van der Waals surface area contributed by atoms with Gasteiger partial charge in [-0.1, -0.05) is 30.3 Å². The maximum absolute atomic E-state index is 12.1. The second-order valence-corrected chi connectivity index (χ2v) is 6.30. The van der Waals surface area contributed by atoms with Crippen molar-refractivity contribution in [1.82, 2.24) is 0 Å². The molecule has 3 nitrogen and oxygen atoms in total. The summed E-state index contributed by atoms with van der Waals surface area (Å²) in [6, 6.07) is 19.9. The zero-order chi connectivity index (χ0) is 17.6. The standard InChI is InChI=1S/C19H15F2NO2S/c20-19(21)24-16-8-6-15(7-9-16)22-18(23)12-25-17-10-5-13-3-1-2-4-14(13)11-17/h1-11,19H,12H2,(H,22,23). The largest absolute Gasteiger partial charge is 0.435 e. The molecule has 0 aliphatic heterocycles. The Hall–Kier alpha value is -2.60. The molecule has 0 heterocycles. The molecule has 0 saturated heterocycles. The summed E-state index contributed by atoms with van der Waals surface area (Å²) in [6.07, 6.45) is 0. The molecular formula is C19H15F2NO2S. The van der Waals surface area contributed by atoms with E-state index in [1.807, 2.05) is 42.5 Å². The molecule has 3 aromatic carbocycles. The maximum atomic E-state index is 12.1. The van der Waals surface area contributed by atoms with Gasteiger partial charge in [0.1, 0.15) is 5.75 Å². The van der Waals surface area contributed by atoms with E-state index in [9.17, 15) is 13.6 Å². The molecule has 0 aliphatic rings. The first-order valence-electron chi connectivity index (χ1n) is 7.56. The van der Waals surface area contributed by atoms with Crippen LogP contribution in [0.25, 0.3) is 10.8 Å². The number of amides is 1. The first-order valence-corrected chi connectivity index (χ1v) is 8.55.